The quantitative estimate of drug-likeness (QED) is 0.331. The summed E-state index contributed by atoms with van der Waals surface area (Å²) in [7, 11) is 2.18. The molecule has 0 saturated carbocycles. The van der Waals surface area contributed by atoms with Crippen molar-refractivity contribution in [2.75, 3.05) is 11.9 Å². The van der Waals surface area contributed by atoms with Crippen molar-refractivity contribution in [2.45, 2.75) is 31.7 Å². The van der Waals surface area contributed by atoms with Gasteiger partial charge in [0.2, 0.25) is 0 Å². The van der Waals surface area contributed by atoms with Crippen molar-refractivity contribution in [1.29, 1.82) is 0 Å². The minimum Gasteiger partial charge on any atom is -0.338 e. The minimum absolute atomic E-state index is 0.307. The molecule has 0 fully saturated rings. The van der Waals surface area contributed by atoms with Crippen LogP contribution in [0.3, 0.4) is 0 Å². The molecule has 2 nitrogen and oxygen atoms in total. The third-order valence-corrected chi connectivity index (χ3v) is 7.36. The summed E-state index contributed by atoms with van der Waals surface area (Å²) in [5.41, 5.74) is 6.44. The number of benzene rings is 3. The summed E-state index contributed by atoms with van der Waals surface area (Å²) >= 11 is 1.85. The van der Waals surface area contributed by atoms with Crippen LogP contribution < -0.4 is 9.47 Å². The van der Waals surface area contributed by atoms with E-state index in [-0.39, 0.29) is 0 Å². The van der Waals surface area contributed by atoms with Gasteiger partial charge in [0.15, 0.2) is 17.4 Å². The molecule has 0 spiro atoms. The number of aryl methyl sites for hydroxylation is 2. The molecule has 3 heteroatoms. The molecule has 1 aliphatic rings. The van der Waals surface area contributed by atoms with Crippen molar-refractivity contribution < 1.29 is 4.57 Å². The number of anilines is 1. The molecule has 0 N–H and O–H groups in total. The van der Waals surface area contributed by atoms with Gasteiger partial charge in [-0.25, -0.2) is 0 Å². The third-order valence-electron chi connectivity index (χ3n) is 6.21. The van der Waals surface area contributed by atoms with Crippen molar-refractivity contribution in [3.8, 4) is 0 Å². The Morgan fingerprint density at radius 2 is 1.55 bits per heavy atom. The molecule has 0 radical (unpaired) electrons. The maximum atomic E-state index is 2.42. The van der Waals surface area contributed by atoms with E-state index in [2.05, 4.69) is 122 Å². The molecule has 0 bridgehead atoms. The first-order valence-electron chi connectivity index (χ1n) is 10.8. The average Bonchev–Trinajstić information content (AvgIpc) is 3.09. The molecule has 154 valence electrons. The van der Waals surface area contributed by atoms with Gasteiger partial charge in [0.05, 0.1) is 10.7 Å². The Morgan fingerprint density at radius 3 is 2.29 bits per heavy atom. The number of aromatic nitrogens is 1. The van der Waals surface area contributed by atoms with Crippen LogP contribution in [0.15, 0.2) is 88.8 Å². The van der Waals surface area contributed by atoms with Crippen LogP contribution >= 0.6 is 11.8 Å². The summed E-state index contributed by atoms with van der Waals surface area (Å²) in [5, 5.41) is 3.87. The van der Waals surface area contributed by atoms with Gasteiger partial charge in [0, 0.05) is 55.8 Å². The Balaban J connectivity index is 1.51. The van der Waals surface area contributed by atoms with Crippen LogP contribution in [0.2, 0.25) is 0 Å². The van der Waals surface area contributed by atoms with E-state index < -0.39 is 0 Å². The highest BCUT2D eigenvalue weighted by atomic mass is 32.2. The standard InChI is InChI=1S/C28H27N2S/c1-19-16-22(17-20(2)30(19)21(3)23-10-6-5-7-11-23)18-27-29(4)28-25-13-9-8-12-24(25)14-15-26(28)31-27/h5-18,21H,1-4H3/q+1/t21-/m1/s1. The zero-order valence-electron chi connectivity index (χ0n) is 18.5. The number of nitrogens with zero attached hydrogens (tertiary/aromatic N) is 2. The second-order valence-electron chi connectivity index (χ2n) is 8.31. The van der Waals surface area contributed by atoms with Crippen molar-refractivity contribution >= 4 is 34.3 Å². The van der Waals surface area contributed by atoms with Gasteiger partial charge in [-0.3, -0.25) is 0 Å². The summed E-state index contributed by atoms with van der Waals surface area (Å²) < 4.78 is 2.42. The molecule has 0 unspecified atom stereocenters. The first kappa shape index (κ1) is 19.9. The van der Waals surface area contributed by atoms with Crippen molar-refractivity contribution in [3.63, 3.8) is 0 Å². The predicted molar refractivity (Wildman–Crippen MR) is 133 cm³/mol. The molecule has 1 aliphatic heterocycles. The normalized spacial score (nSPS) is 15.5. The van der Waals surface area contributed by atoms with Crippen LogP contribution in [0.5, 0.6) is 0 Å². The third kappa shape index (κ3) is 3.53. The Kier molecular flexibility index (Phi) is 5.07. The highest BCUT2D eigenvalue weighted by Crippen LogP contribution is 2.49. The SMILES string of the molecule is Cc1cc(C=C2Sc3ccc4ccccc4c3N2C)cc(C)[n+]1[C@H](C)c1ccccc1. The van der Waals surface area contributed by atoms with E-state index in [1.54, 1.807) is 0 Å². The smallest absolute Gasteiger partial charge is 0.181 e. The number of hydrogen-bond acceptors (Lipinski definition) is 2. The minimum atomic E-state index is 0.307. The Bertz CT molecular complexity index is 1280. The highest BCUT2D eigenvalue weighted by Gasteiger charge is 2.25. The fraction of sp³-hybridized carbons (Fsp3) is 0.179. The van der Waals surface area contributed by atoms with Crippen LogP contribution in [0.25, 0.3) is 16.8 Å². The lowest BCUT2D eigenvalue weighted by Gasteiger charge is -2.16. The average molecular weight is 424 g/mol. The molecule has 1 atom stereocenters. The van der Waals surface area contributed by atoms with E-state index in [9.17, 15) is 0 Å². The fourth-order valence-electron chi connectivity index (χ4n) is 4.74. The molecular weight excluding hydrogens is 396 g/mol. The van der Waals surface area contributed by atoms with Gasteiger partial charge in [0.25, 0.3) is 0 Å². The number of hydrogen-bond donors (Lipinski definition) is 0. The van der Waals surface area contributed by atoms with Gasteiger partial charge < -0.3 is 4.90 Å². The summed E-state index contributed by atoms with van der Waals surface area (Å²) in [6.45, 7) is 6.69. The summed E-state index contributed by atoms with van der Waals surface area (Å²) in [6, 6.07) is 28.7. The molecule has 1 aromatic heterocycles. The maximum Gasteiger partial charge on any atom is 0.181 e. The van der Waals surface area contributed by atoms with Gasteiger partial charge in [-0.15, -0.1) is 0 Å². The Labute approximate surface area is 188 Å². The molecule has 4 aromatic rings. The summed E-state index contributed by atoms with van der Waals surface area (Å²) in [5.74, 6) is 0. The topological polar surface area (TPSA) is 7.12 Å². The predicted octanol–water partition coefficient (Wildman–Crippen LogP) is 6.89. The van der Waals surface area contributed by atoms with Crippen LogP contribution in [0.4, 0.5) is 5.69 Å². The lowest BCUT2D eigenvalue weighted by Crippen LogP contribution is -2.44. The first-order valence-corrected chi connectivity index (χ1v) is 11.6. The molecule has 0 amide bonds. The van der Waals surface area contributed by atoms with E-state index in [0.717, 1.165) is 0 Å². The van der Waals surface area contributed by atoms with Gasteiger partial charge in [-0.2, -0.15) is 4.57 Å². The molecule has 31 heavy (non-hydrogen) atoms. The van der Waals surface area contributed by atoms with Crippen LogP contribution in [0, 0.1) is 13.8 Å². The lowest BCUT2D eigenvalue weighted by molar-refractivity contribution is -0.721. The van der Waals surface area contributed by atoms with Crippen LogP contribution in [-0.4, -0.2) is 7.05 Å². The second kappa shape index (κ2) is 7.90. The van der Waals surface area contributed by atoms with Crippen molar-refractivity contribution in [1.82, 2.24) is 0 Å². The monoisotopic (exact) mass is 423 g/mol. The maximum absolute atomic E-state index is 2.42. The molecule has 2 heterocycles. The molecule has 0 aliphatic carbocycles. The van der Waals surface area contributed by atoms with E-state index in [0.29, 0.717) is 6.04 Å². The van der Waals surface area contributed by atoms with E-state index >= 15 is 0 Å². The Hall–Kier alpha value is -3.04. The lowest BCUT2D eigenvalue weighted by atomic mass is 10.1. The largest absolute Gasteiger partial charge is 0.338 e. The Morgan fingerprint density at radius 1 is 0.871 bits per heavy atom. The molecule has 0 saturated heterocycles. The number of rotatable bonds is 3. The van der Waals surface area contributed by atoms with Crippen LogP contribution in [-0.2, 0) is 0 Å². The second-order valence-corrected chi connectivity index (χ2v) is 9.37. The van der Waals surface area contributed by atoms with Gasteiger partial charge in [-0.1, -0.05) is 72.4 Å². The van der Waals surface area contributed by atoms with Gasteiger partial charge >= 0.3 is 0 Å². The van der Waals surface area contributed by atoms with Crippen LogP contribution in [0.1, 0.15) is 35.5 Å². The zero-order valence-corrected chi connectivity index (χ0v) is 19.3. The van der Waals surface area contributed by atoms with E-state index in [4.69, 9.17) is 0 Å². The van der Waals surface area contributed by atoms with Crippen molar-refractivity contribution in [2.24, 2.45) is 0 Å². The molecular formula is C28H27N2S+. The number of thioether (sulfide) groups is 1. The number of fused-ring (bicyclic) bond motifs is 3. The molecule has 3 aromatic carbocycles. The summed E-state index contributed by atoms with van der Waals surface area (Å²) in [4.78, 5) is 3.66. The highest BCUT2D eigenvalue weighted by molar-refractivity contribution is 8.04. The summed E-state index contributed by atoms with van der Waals surface area (Å²) in [6.07, 6.45) is 2.32. The van der Waals surface area contributed by atoms with Crippen molar-refractivity contribution in [3.05, 3.63) is 106 Å². The van der Waals surface area contributed by atoms with E-state index in [1.807, 2.05) is 11.8 Å². The first-order chi connectivity index (χ1) is 15.0. The molecule has 5 rings (SSSR count). The number of pyridine rings is 1. The zero-order chi connectivity index (χ0) is 21.5. The fourth-order valence-corrected chi connectivity index (χ4v) is 5.87. The van der Waals surface area contributed by atoms with Gasteiger partial charge in [-0.05, 0) is 23.1 Å². The van der Waals surface area contributed by atoms with E-state index in [1.165, 1.54) is 48.9 Å². The van der Waals surface area contributed by atoms with Gasteiger partial charge in [0.1, 0.15) is 0 Å².